The number of hydrogen-bond donors (Lipinski definition) is 1. The molecule has 0 saturated carbocycles. The molecular weight excluding hydrogens is 324 g/mol. The molecule has 0 radical (unpaired) electrons. The number of amides is 1. The molecule has 1 aromatic carbocycles. The molecule has 0 atom stereocenters. The van der Waals surface area contributed by atoms with Crippen molar-refractivity contribution in [2.24, 2.45) is 0 Å². The number of benzene rings is 1. The van der Waals surface area contributed by atoms with Gasteiger partial charge in [0.1, 0.15) is 5.75 Å². The Hall–Kier alpha value is -2.60. The fourth-order valence-electron chi connectivity index (χ4n) is 2.26. The number of nitrogens with zero attached hydrogens (tertiary/aromatic N) is 1. The fourth-order valence-corrected chi connectivity index (χ4v) is 2.81. The molecule has 0 spiro atoms. The van der Waals surface area contributed by atoms with Crippen molar-refractivity contribution in [3.63, 3.8) is 0 Å². The maximum atomic E-state index is 11.5. The second kappa shape index (κ2) is 7.31. The van der Waals surface area contributed by atoms with Crippen molar-refractivity contribution in [1.82, 2.24) is 10.3 Å². The quantitative estimate of drug-likeness (QED) is 0.846. The molecule has 1 fully saturated rings. The first kappa shape index (κ1) is 16.3. The lowest BCUT2D eigenvalue weighted by Gasteiger charge is -2.07. The number of carbonyl (C=O) groups is 2. The lowest BCUT2D eigenvalue weighted by Crippen LogP contribution is -2.10. The van der Waals surface area contributed by atoms with E-state index in [0.29, 0.717) is 24.1 Å². The Balaban J connectivity index is 1.56. The zero-order valence-corrected chi connectivity index (χ0v) is 13.9. The fraction of sp³-hybridized carbons (Fsp3) is 0.167. The van der Waals surface area contributed by atoms with Gasteiger partial charge in [-0.1, -0.05) is 18.2 Å². The highest BCUT2D eigenvalue weighted by Crippen LogP contribution is 2.21. The largest absolute Gasteiger partial charge is 0.493 e. The van der Waals surface area contributed by atoms with Gasteiger partial charge in [-0.15, -0.1) is 0 Å². The SMILES string of the molecule is Cc1cccc(CCOc2ccc(C=C3NC(=O)SC3=O)cc2)n1. The van der Waals surface area contributed by atoms with E-state index in [1.807, 2.05) is 49.4 Å². The van der Waals surface area contributed by atoms with E-state index in [2.05, 4.69) is 10.3 Å². The zero-order valence-electron chi connectivity index (χ0n) is 13.1. The van der Waals surface area contributed by atoms with Gasteiger partial charge in [0.05, 0.1) is 12.3 Å². The summed E-state index contributed by atoms with van der Waals surface area (Å²) >= 11 is 0.673. The molecule has 1 saturated heterocycles. The second-order valence-electron chi connectivity index (χ2n) is 5.30. The molecule has 1 amide bonds. The topological polar surface area (TPSA) is 68.3 Å². The molecule has 1 aliphatic rings. The van der Waals surface area contributed by atoms with Crippen molar-refractivity contribution >= 4 is 28.2 Å². The summed E-state index contributed by atoms with van der Waals surface area (Å²) in [4.78, 5) is 27.1. The van der Waals surface area contributed by atoms with Gasteiger partial charge in [0.2, 0.25) is 5.12 Å². The molecule has 122 valence electrons. The van der Waals surface area contributed by atoms with Crippen LogP contribution in [0.15, 0.2) is 48.2 Å². The summed E-state index contributed by atoms with van der Waals surface area (Å²) in [5.74, 6) is 0.751. The minimum absolute atomic E-state index is 0.258. The molecule has 3 rings (SSSR count). The Morgan fingerprint density at radius 2 is 1.96 bits per heavy atom. The van der Waals surface area contributed by atoms with Gasteiger partial charge in [-0.3, -0.25) is 14.6 Å². The molecule has 5 nitrogen and oxygen atoms in total. The van der Waals surface area contributed by atoms with Gasteiger partial charge < -0.3 is 10.1 Å². The third-order valence-corrected chi connectivity index (χ3v) is 4.10. The molecule has 1 aromatic heterocycles. The van der Waals surface area contributed by atoms with Gasteiger partial charge in [-0.25, -0.2) is 0 Å². The molecule has 6 heteroatoms. The van der Waals surface area contributed by atoms with Crippen molar-refractivity contribution in [3.05, 3.63) is 65.1 Å². The van der Waals surface area contributed by atoms with Gasteiger partial charge in [0.15, 0.2) is 0 Å². The van der Waals surface area contributed by atoms with Crippen LogP contribution in [0.25, 0.3) is 6.08 Å². The Kier molecular flexibility index (Phi) is 4.96. The van der Waals surface area contributed by atoms with E-state index in [1.165, 1.54) is 0 Å². The van der Waals surface area contributed by atoms with Crippen molar-refractivity contribution in [1.29, 1.82) is 0 Å². The third kappa shape index (κ3) is 4.23. The lowest BCUT2D eigenvalue weighted by atomic mass is 10.2. The number of pyridine rings is 1. The molecule has 1 N–H and O–H groups in total. The predicted molar refractivity (Wildman–Crippen MR) is 93.7 cm³/mol. The van der Waals surface area contributed by atoms with Crippen LogP contribution in [0.4, 0.5) is 4.79 Å². The predicted octanol–water partition coefficient (Wildman–Crippen LogP) is 3.34. The van der Waals surface area contributed by atoms with Crippen LogP contribution in [0.2, 0.25) is 0 Å². The maximum Gasteiger partial charge on any atom is 0.291 e. The van der Waals surface area contributed by atoms with E-state index < -0.39 is 0 Å². The molecule has 0 aliphatic carbocycles. The number of thioether (sulfide) groups is 1. The first-order chi connectivity index (χ1) is 11.6. The molecule has 0 bridgehead atoms. The molecule has 2 aromatic rings. The monoisotopic (exact) mass is 340 g/mol. The summed E-state index contributed by atoms with van der Waals surface area (Å²) in [7, 11) is 0. The van der Waals surface area contributed by atoms with Crippen LogP contribution < -0.4 is 10.1 Å². The highest BCUT2D eigenvalue weighted by atomic mass is 32.2. The summed E-state index contributed by atoms with van der Waals surface area (Å²) in [6, 6.07) is 13.3. The summed E-state index contributed by atoms with van der Waals surface area (Å²) in [5, 5.41) is 1.93. The second-order valence-corrected chi connectivity index (χ2v) is 6.24. The highest BCUT2D eigenvalue weighted by Gasteiger charge is 2.25. The highest BCUT2D eigenvalue weighted by molar-refractivity contribution is 8.27. The molecular formula is C18H16N2O3S. The average Bonchev–Trinajstić information content (AvgIpc) is 2.87. The molecule has 2 heterocycles. The lowest BCUT2D eigenvalue weighted by molar-refractivity contribution is -0.107. The van der Waals surface area contributed by atoms with E-state index in [0.717, 1.165) is 29.1 Å². The Bertz CT molecular complexity index is 800. The van der Waals surface area contributed by atoms with Crippen LogP contribution >= 0.6 is 11.8 Å². The van der Waals surface area contributed by atoms with Crippen LogP contribution in [-0.2, 0) is 11.2 Å². The molecule has 1 aliphatic heterocycles. The van der Waals surface area contributed by atoms with Crippen LogP contribution in [0.1, 0.15) is 17.0 Å². The van der Waals surface area contributed by atoms with Gasteiger partial charge in [0.25, 0.3) is 5.24 Å². The first-order valence-electron chi connectivity index (χ1n) is 7.50. The number of rotatable bonds is 5. The average molecular weight is 340 g/mol. The normalized spacial score (nSPS) is 15.6. The van der Waals surface area contributed by atoms with Crippen molar-refractivity contribution < 1.29 is 14.3 Å². The number of hydrogen-bond acceptors (Lipinski definition) is 5. The Labute approximate surface area is 144 Å². The van der Waals surface area contributed by atoms with E-state index >= 15 is 0 Å². The smallest absolute Gasteiger partial charge is 0.291 e. The van der Waals surface area contributed by atoms with Crippen molar-refractivity contribution in [2.75, 3.05) is 6.61 Å². The van der Waals surface area contributed by atoms with E-state index in [-0.39, 0.29) is 10.4 Å². The summed E-state index contributed by atoms with van der Waals surface area (Å²) in [6.07, 6.45) is 2.39. The Morgan fingerprint density at radius 1 is 1.17 bits per heavy atom. The van der Waals surface area contributed by atoms with E-state index in [1.54, 1.807) is 6.08 Å². The summed E-state index contributed by atoms with van der Waals surface area (Å²) in [6.45, 7) is 2.51. The van der Waals surface area contributed by atoms with E-state index in [9.17, 15) is 9.59 Å². The van der Waals surface area contributed by atoms with Crippen LogP contribution in [0.5, 0.6) is 5.75 Å². The molecule has 0 unspecified atom stereocenters. The van der Waals surface area contributed by atoms with E-state index in [4.69, 9.17) is 4.74 Å². The minimum atomic E-state index is -0.337. The number of carbonyl (C=O) groups excluding carboxylic acids is 2. The standard InChI is InChI=1S/C18H16N2O3S/c1-12-3-2-4-14(19-12)9-10-23-15-7-5-13(6-8-15)11-16-17(21)24-18(22)20-16/h2-8,11H,9-10H2,1H3,(H,20,22). The summed E-state index contributed by atoms with van der Waals surface area (Å²) < 4.78 is 5.71. The van der Waals surface area contributed by atoms with Crippen molar-refractivity contribution in [2.45, 2.75) is 13.3 Å². The Morgan fingerprint density at radius 3 is 2.62 bits per heavy atom. The van der Waals surface area contributed by atoms with Gasteiger partial charge in [-0.2, -0.15) is 0 Å². The summed E-state index contributed by atoms with van der Waals surface area (Å²) in [5.41, 5.74) is 3.14. The molecule has 24 heavy (non-hydrogen) atoms. The zero-order chi connectivity index (χ0) is 16.9. The number of nitrogens with one attached hydrogen (secondary N) is 1. The van der Waals surface area contributed by atoms with Crippen LogP contribution in [0.3, 0.4) is 0 Å². The number of ether oxygens (including phenoxy) is 1. The maximum absolute atomic E-state index is 11.5. The number of aromatic nitrogens is 1. The van der Waals surface area contributed by atoms with Crippen LogP contribution in [0, 0.1) is 6.92 Å². The number of aryl methyl sites for hydroxylation is 1. The first-order valence-corrected chi connectivity index (χ1v) is 8.32. The van der Waals surface area contributed by atoms with Crippen molar-refractivity contribution in [3.8, 4) is 5.75 Å². The third-order valence-electron chi connectivity index (χ3n) is 3.41. The van der Waals surface area contributed by atoms with Gasteiger partial charge in [0, 0.05) is 29.6 Å². The minimum Gasteiger partial charge on any atom is -0.493 e. The van der Waals surface area contributed by atoms with Gasteiger partial charge >= 0.3 is 0 Å². The van der Waals surface area contributed by atoms with Gasteiger partial charge in [-0.05, 0) is 42.8 Å². The van der Waals surface area contributed by atoms with Crippen LogP contribution in [-0.4, -0.2) is 21.9 Å².